The fourth-order valence-electron chi connectivity index (χ4n) is 2.53. The number of rotatable bonds is 4. The second-order valence-corrected chi connectivity index (χ2v) is 7.48. The van der Waals surface area contributed by atoms with Crippen molar-refractivity contribution in [2.24, 2.45) is 0 Å². The lowest BCUT2D eigenvalue weighted by atomic mass is 10.2. The molecule has 2 aromatic heterocycles. The van der Waals surface area contributed by atoms with Gasteiger partial charge in [0.1, 0.15) is 5.75 Å². The molecule has 2 aromatic carbocycles. The van der Waals surface area contributed by atoms with Gasteiger partial charge in [0.05, 0.1) is 11.1 Å². The molecule has 0 fully saturated rings. The summed E-state index contributed by atoms with van der Waals surface area (Å²) in [6, 6.07) is 15.3. The second-order valence-electron chi connectivity index (χ2n) is 5.55. The van der Waals surface area contributed by atoms with Crippen LogP contribution in [0.15, 0.2) is 57.8 Å². The first kappa shape index (κ1) is 16.9. The minimum absolute atomic E-state index is 0.155. The normalized spacial score (nSPS) is 12.0. The molecule has 0 unspecified atom stereocenters. The Balaban J connectivity index is 1.71. The van der Waals surface area contributed by atoms with Crippen molar-refractivity contribution in [3.05, 3.63) is 73.5 Å². The standard InChI is InChI=1S/C19H14BrN3O2S/c1-2-25-15-9-5-13(6-10-15)17-21-19-23(22-17)18(24)16(26-19)11-12-3-7-14(20)8-4-12/h3-11H,2H2,1H3/b16-11-. The molecule has 0 saturated heterocycles. The summed E-state index contributed by atoms with van der Waals surface area (Å²) < 4.78 is 8.41. The molecule has 0 spiro atoms. The fraction of sp³-hybridized carbons (Fsp3) is 0.105. The summed E-state index contributed by atoms with van der Waals surface area (Å²) in [5, 5.41) is 4.37. The van der Waals surface area contributed by atoms with Crippen LogP contribution in [0.2, 0.25) is 0 Å². The number of halogens is 1. The van der Waals surface area contributed by atoms with E-state index < -0.39 is 0 Å². The molecule has 26 heavy (non-hydrogen) atoms. The fourth-order valence-corrected chi connectivity index (χ4v) is 3.71. The first-order chi connectivity index (χ1) is 12.6. The van der Waals surface area contributed by atoms with Crippen LogP contribution in [0.25, 0.3) is 22.4 Å². The van der Waals surface area contributed by atoms with E-state index in [1.165, 1.54) is 15.9 Å². The molecule has 0 amide bonds. The largest absolute Gasteiger partial charge is 0.494 e. The lowest BCUT2D eigenvalue weighted by molar-refractivity contribution is 0.340. The van der Waals surface area contributed by atoms with Gasteiger partial charge >= 0.3 is 0 Å². The van der Waals surface area contributed by atoms with Crippen LogP contribution in [0.1, 0.15) is 12.5 Å². The van der Waals surface area contributed by atoms with Crippen LogP contribution in [0, 0.1) is 0 Å². The van der Waals surface area contributed by atoms with Gasteiger partial charge in [0, 0.05) is 10.0 Å². The molecule has 7 heteroatoms. The molecular weight excluding hydrogens is 414 g/mol. The average molecular weight is 428 g/mol. The number of nitrogens with zero attached hydrogens (tertiary/aromatic N) is 3. The van der Waals surface area contributed by atoms with Gasteiger partial charge in [0.25, 0.3) is 5.56 Å². The number of hydrogen-bond donors (Lipinski definition) is 0. The monoisotopic (exact) mass is 427 g/mol. The summed E-state index contributed by atoms with van der Waals surface area (Å²) >= 11 is 4.74. The molecule has 0 aliphatic rings. The summed E-state index contributed by atoms with van der Waals surface area (Å²) in [5.41, 5.74) is 1.65. The Hall–Kier alpha value is -2.51. The molecule has 2 heterocycles. The van der Waals surface area contributed by atoms with Gasteiger partial charge < -0.3 is 4.74 Å². The van der Waals surface area contributed by atoms with Crippen LogP contribution in [-0.4, -0.2) is 21.2 Å². The molecule has 0 N–H and O–H groups in total. The van der Waals surface area contributed by atoms with Gasteiger partial charge in [0.15, 0.2) is 5.82 Å². The number of fused-ring (bicyclic) bond motifs is 1. The molecule has 0 aliphatic carbocycles. The smallest absolute Gasteiger partial charge is 0.291 e. The highest BCUT2D eigenvalue weighted by Gasteiger charge is 2.12. The minimum Gasteiger partial charge on any atom is -0.494 e. The number of ether oxygens (including phenoxy) is 1. The highest BCUT2D eigenvalue weighted by atomic mass is 79.9. The van der Waals surface area contributed by atoms with E-state index in [4.69, 9.17) is 4.74 Å². The Labute approximate surface area is 161 Å². The third-order valence-corrected chi connectivity index (χ3v) is 5.26. The van der Waals surface area contributed by atoms with Crippen LogP contribution in [0.3, 0.4) is 0 Å². The number of benzene rings is 2. The predicted octanol–water partition coefficient (Wildman–Crippen LogP) is 3.53. The van der Waals surface area contributed by atoms with Crippen molar-refractivity contribution in [3.8, 4) is 17.1 Å². The Kier molecular flexibility index (Phi) is 4.57. The summed E-state index contributed by atoms with van der Waals surface area (Å²) in [6.45, 7) is 2.56. The van der Waals surface area contributed by atoms with Crippen molar-refractivity contribution in [2.45, 2.75) is 6.92 Å². The molecule has 5 nitrogen and oxygen atoms in total. The first-order valence-electron chi connectivity index (χ1n) is 8.04. The van der Waals surface area contributed by atoms with Gasteiger partial charge in [-0.25, -0.2) is 0 Å². The van der Waals surface area contributed by atoms with Gasteiger partial charge in [-0.15, -0.1) is 5.10 Å². The first-order valence-corrected chi connectivity index (χ1v) is 9.65. The molecule has 0 aliphatic heterocycles. The van der Waals surface area contributed by atoms with Gasteiger partial charge in [-0.05, 0) is 55.0 Å². The number of hydrogen-bond acceptors (Lipinski definition) is 5. The maximum atomic E-state index is 12.6. The topological polar surface area (TPSA) is 56.5 Å². The number of thiazole rings is 1. The molecule has 0 atom stereocenters. The van der Waals surface area contributed by atoms with Crippen molar-refractivity contribution in [1.29, 1.82) is 0 Å². The van der Waals surface area contributed by atoms with Gasteiger partial charge in [-0.1, -0.05) is 39.4 Å². The minimum atomic E-state index is -0.155. The lowest BCUT2D eigenvalue weighted by Crippen LogP contribution is -2.23. The van der Waals surface area contributed by atoms with E-state index in [-0.39, 0.29) is 5.56 Å². The van der Waals surface area contributed by atoms with Gasteiger partial charge in [-0.2, -0.15) is 9.50 Å². The Bertz CT molecular complexity index is 1160. The van der Waals surface area contributed by atoms with Crippen molar-refractivity contribution in [3.63, 3.8) is 0 Å². The molecule has 130 valence electrons. The molecule has 0 bridgehead atoms. The number of aromatic nitrogens is 3. The van der Waals surface area contributed by atoms with E-state index >= 15 is 0 Å². The molecule has 4 aromatic rings. The third kappa shape index (κ3) is 3.27. The second kappa shape index (κ2) is 7.01. The van der Waals surface area contributed by atoms with Crippen molar-refractivity contribution in [1.82, 2.24) is 14.6 Å². The summed E-state index contributed by atoms with van der Waals surface area (Å²) in [5.74, 6) is 1.33. The van der Waals surface area contributed by atoms with E-state index in [0.717, 1.165) is 21.3 Å². The van der Waals surface area contributed by atoms with E-state index in [2.05, 4.69) is 26.0 Å². The summed E-state index contributed by atoms with van der Waals surface area (Å²) in [4.78, 5) is 17.7. The van der Waals surface area contributed by atoms with Crippen LogP contribution in [-0.2, 0) is 0 Å². The van der Waals surface area contributed by atoms with Crippen molar-refractivity contribution >= 4 is 38.3 Å². The zero-order valence-electron chi connectivity index (χ0n) is 13.8. The van der Waals surface area contributed by atoms with Gasteiger partial charge in [-0.3, -0.25) is 4.79 Å². The van der Waals surface area contributed by atoms with Crippen LogP contribution in [0.5, 0.6) is 5.75 Å². The third-order valence-electron chi connectivity index (χ3n) is 3.77. The summed E-state index contributed by atoms with van der Waals surface area (Å²) in [6.07, 6.45) is 1.85. The Morgan fingerprint density at radius 1 is 1.15 bits per heavy atom. The quantitative estimate of drug-likeness (QED) is 0.499. The molecule has 4 rings (SSSR count). The molecule has 0 radical (unpaired) electrons. The zero-order valence-corrected chi connectivity index (χ0v) is 16.3. The van der Waals surface area contributed by atoms with Gasteiger partial charge in [0.2, 0.25) is 4.96 Å². The predicted molar refractivity (Wildman–Crippen MR) is 107 cm³/mol. The Morgan fingerprint density at radius 2 is 1.88 bits per heavy atom. The maximum absolute atomic E-state index is 12.6. The highest BCUT2D eigenvalue weighted by molar-refractivity contribution is 9.10. The van der Waals surface area contributed by atoms with E-state index in [9.17, 15) is 4.79 Å². The van der Waals surface area contributed by atoms with E-state index in [1.54, 1.807) is 0 Å². The zero-order chi connectivity index (χ0) is 18.1. The van der Waals surface area contributed by atoms with Crippen LogP contribution in [0.4, 0.5) is 0 Å². The Morgan fingerprint density at radius 3 is 2.54 bits per heavy atom. The highest BCUT2D eigenvalue weighted by Crippen LogP contribution is 2.20. The maximum Gasteiger partial charge on any atom is 0.291 e. The van der Waals surface area contributed by atoms with E-state index in [0.29, 0.717) is 21.9 Å². The van der Waals surface area contributed by atoms with Crippen molar-refractivity contribution < 1.29 is 4.74 Å². The molecule has 0 saturated carbocycles. The SMILES string of the molecule is CCOc1ccc(-c2nc3s/c(=C\c4ccc(Br)cc4)c(=O)n3n2)cc1. The molecular formula is C19H14BrN3O2S. The average Bonchev–Trinajstić information content (AvgIpc) is 3.18. The lowest BCUT2D eigenvalue weighted by Gasteiger charge is -2.02. The van der Waals surface area contributed by atoms with Crippen LogP contribution >= 0.6 is 27.3 Å². The van der Waals surface area contributed by atoms with Crippen molar-refractivity contribution in [2.75, 3.05) is 6.61 Å². The summed E-state index contributed by atoms with van der Waals surface area (Å²) in [7, 11) is 0. The van der Waals surface area contributed by atoms with Crippen LogP contribution < -0.4 is 14.8 Å². The van der Waals surface area contributed by atoms with E-state index in [1.807, 2.05) is 61.5 Å².